The first kappa shape index (κ1) is 19.4. The lowest BCUT2D eigenvalue weighted by Gasteiger charge is -2.34. The lowest BCUT2D eigenvalue weighted by atomic mass is 10.1. The summed E-state index contributed by atoms with van der Waals surface area (Å²) in [6.07, 6.45) is 0. The number of benzene rings is 2. The predicted octanol–water partition coefficient (Wildman–Crippen LogP) is 2.94. The van der Waals surface area contributed by atoms with Crippen molar-refractivity contribution in [1.29, 1.82) is 0 Å². The summed E-state index contributed by atoms with van der Waals surface area (Å²) >= 11 is 3.19. The highest BCUT2D eigenvalue weighted by atomic mass is 79.9. The van der Waals surface area contributed by atoms with Crippen LogP contribution < -0.4 is 4.72 Å². The van der Waals surface area contributed by atoms with Gasteiger partial charge < -0.3 is 4.74 Å². The Labute approximate surface area is 161 Å². The largest absolute Gasteiger partial charge is 0.379 e. The van der Waals surface area contributed by atoms with Crippen molar-refractivity contribution < 1.29 is 17.5 Å². The van der Waals surface area contributed by atoms with Gasteiger partial charge in [-0.05, 0) is 23.8 Å². The molecule has 1 aliphatic rings. The van der Waals surface area contributed by atoms with Gasteiger partial charge in [0.1, 0.15) is 10.7 Å². The minimum Gasteiger partial charge on any atom is -0.379 e. The van der Waals surface area contributed by atoms with Gasteiger partial charge in [-0.2, -0.15) is 0 Å². The SMILES string of the molecule is O=S(=O)(NCC(c1ccccc1)N1CCOCC1)c1cc(Br)ccc1F. The molecule has 8 heteroatoms. The quantitative estimate of drug-likeness (QED) is 0.746. The van der Waals surface area contributed by atoms with E-state index in [-0.39, 0.29) is 17.5 Å². The minimum absolute atomic E-state index is 0.148. The summed E-state index contributed by atoms with van der Waals surface area (Å²) in [5.41, 5.74) is 1.01. The molecule has 0 spiro atoms. The molecule has 2 aromatic rings. The van der Waals surface area contributed by atoms with Gasteiger partial charge >= 0.3 is 0 Å². The van der Waals surface area contributed by atoms with Crippen molar-refractivity contribution in [3.63, 3.8) is 0 Å². The van der Waals surface area contributed by atoms with Crippen molar-refractivity contribution >= 4 is 26.0 Å². The van der Waals surface area contributed by atoms with E-state index in [1.807, 2.05) is 30.3 Å². The fourth-order valence-electron chi connectivity index (χ4n) is 2.97. The molecule has 1 saturated heterocycles. The van der Waals surface area contributed by atoms with Crippen LogP contribution in [0.4, 0.5) is 4.39 Å². The maximum absolute atomic E-state index is 14.0. The molecule has 0 amide bonds. The number of halogens is 2. The smallest absolute Gasteiger partial charge is 0.243 e. The van der Waals surface area contributed by atoms with E-state index < -0.39 is 15.8 Å². The van der Waals surface area contributed by atoms with Crippen LogP contribution in [-0.4, -0.2) is 46.2 Å². The van der Waals surface area contributed by atoms with E-state index in [1.54, 1.807) is 0 Å². The summed E-state index contributed by atoms with van der Waals surface area (Å²) in [6, 6.07) is 13.4. The first-order chi connectivity index (χ1) is 12.5. The molecule has 1 aliphatic heterocycles. The second kappa shape index (κ2) is 8.58. The monoisotopic (exact) mass is 442 g/mol. The second-order valence-corrected chi connectivity index (χ2v) is 8.65. The Balaban J connectivity index is 1.82. The summed E-state index contributed by atoms with van der Waals surface area (Å²) < 4.78 is 47.7. The summed E-state index contributed by atoms with van der Waals surface area (Å²) in [5.74, 6) is -0.775. The van der Waals surface area contributed by atoms with Crippen LogP contribution in [0.1, 0.15) is 11.6 Å². The van der Waals surface area contributed by atoms with Gasteiger partial charge in [0.25, 0.3) is 0 Å². The van der Waals surface area contributed by atoms with Crippen LogP contribution in [0.3, 0.4) is 0 Å². The topological polar surface area (TPSA) is 58.6 Å². The minimum atomic E-state index is -3.97. The molecular weight excluding hydrogens is 423 g/mol. The maximum atomic E-state index is 14.0. The molecule has 0 aromatic heterocycles. The zero-order valence-electron chi connectivity index (χ0n) is 14.1. The van der Waals surface area contributed by atoms with Crippen molar-refractivity contribution in [3.05, 3.63) is 64.4 Å². The van der Waals surface area contributed by atoms with Gasteiger partial charge in [0.15, 0.2) is 0 Å². The highest BCUT2D eigenvalue weighted by Gasteiger charge is 2.26. The number of nitrogens with one attached hydrogen (secondary N) is 1. The van der Waals surface area contributed by atoms with Crippen molar-refractivity contribution in [1.82, 2.24) is 9.62 Å². The molecule has 2 aromatic carbocycles. The van der Waals surface area contributed by atoms with E-state index in [0.29, 0.717) is 30.8 Å². The second-order valence-electron chi connectivity index (χ2n) is 6.00. The first-order valence-electron chi connectivity index (χ1n) is 8.29. The Kier molecular flexibility index (Phi) is 6.42. The normalized spacial score (nSPS) is 17.2. The molecule has 3 rings (SSSR count). The molecule has 0 radical (unpaired) electrons. The van der Waals surface area contributed by atoms with Crippen molar-refractivity contribution in [2.75, 3.05) is 32.8 Å². The average molecular weight is 443 g/mol. The van der Waals surface area contributed by atoms with Crippen LogP contribution in [0.5, 0.6) is 0 Å². The molecule has 0 aliphatic carbocycles. The standard InChI is InChI=1S/C18H20BrFN2O3S/c19-15-6-7-16(20)18(12-15)26(23,24)21-13-17(14-4-2-1-3-5-14)22-8-10-25-11-9-22/h1-7,12,17,21H,8-11,13H2. The van der Waals surface area contributed by atoms with E-state index in [9.17, 15) is 12.8 Å². The van der Waals surface area contributed by atoms with Crippen LogP contribution >= 0.6 is 15.9 Å². The number of hydrogen-bond acceptors (Lipinski definition) is 4. The Bertz CT molecular complexity index is 843. The van der Waals surface area contributed by atoms with E-state index in [4.69, 9.17) is 4.74 Å². The van der Waals surface area contributed by atoms with E-state index >= 15 is 0 Å². The third-order valence-corrected chi connectivity index (χ3v) is 6.25. The van der Waals surface area contributed by atoms with Crippen molar-refractivity contribution in [2.45, 2.75) is 10.9 Å². The van der Waals surface area contributed by atoms with E-state index in [0.717, 1.165) is 11.6 Å². The zero-order valence-corrected chi connectivity index (χ0v) is 16.5. The van der Waals surface area contributed by atoms with Crippen LogP contribution in [0.2, 0.25) is 0 Å². The fourth-order valence-corrected chi connectivity index (χ4v) is 4.62. The Morgan fingerprint density at radius 3 is 2.54 bits per heavy atom. The Hall–Kier alpha value is -1.32. The molecular formula is C18H20BrFN2O3S. The highest BCUT2D eigenvalue weighted by Crippen LogP contribution is 2.23. The number of hydrogen-bond donors (Lipinski definition) is 1. The van der Waals surface area contributed by atoms with Gasteiger partial charge in [-0.15, -0.1) is 0 Å². The van der Waals surface area contributed by atoms with Crippen molar-refractivity contribution in [3.8, 4) is 0 Å². The third-order valence-electron chi connectivity index (χ3n) is 4.32. The predicted molar refractivity (Wildman–Crippen MR) is 101 cm³/mol. The number of rotatable bonds is 6. The van der Waals surface area contributed by atoms with Gasteiger partial charge in [0, 0.05) is 30.1 Å². The number of nitrogens with zero attached hydrogens (tertiary/aromatic N) is 1. The molecule has 5 nitrogen and oxygen atoms in total. The van der Waals surface area contributed by atoms with Gasteiger partial charge in [0.2, 0.25) is 10.0 Å². The lowest BCUT2D eigenvalue weighted by Crippen LogP contribution is -2.43. The summed E-state index contributed by atoms with van der Waals surface area (Å²) in [4.78, 5) is 1.82. The Morgan fingerprint density at radius 1 is 1.15 bits per heavy atom. The molecule has 0 bridgehead atoms. The number of morpholine rings is 1. The molecule has 0 saturated carbocycles. The van der Waals surface area contributed by atoms with E-state index in [1.165, 1.54) is 12.1 Å². The van der Waals surface area contributed by atoms with Crippen LogP contribution in [-0.2, 0) is 14.8 Å². The molecule has 140 valence electrons. The molecule has 1 fully saturated rings. The van der Waals surface area contributed by atoms with Crippen LogP contribution in [0, 0.1) is 5.82 Å². The fraction of sp³-hybridized carbons (Fsp3) is 0.333. The molecule has 1 heterocycles. The lowest BCUT2D eigenvalue weighted by molar-refractivity contribution is 0.0172. The molecule has 1 N–H and O–H groups in total. The first-order valence-corrected chi connectivity index (χ1v) is 10.6. The molecule has 26 heavy (non-hydrogen) atoms. The van der Waals surface area contributed by atoms with Gasteiger partial charge in [0.05, 0.1) is 13.2 Å². The number of sulfonamides is 1. The van der Waals surface area contributed by atoms with Crippen LogP contribution in [0.15, 0.2) is 57.9 Å². The number of ether oxygens (including phenoxy) is 1. The zero-order chi connectivity index (χ0) is 18.6. The average Bonchev–Trinajstić information content (AvgIpc) is 2.65. The van der Waals surface area contributed by atoms with Gasteiger partial charge in [-0.3, -0.25) is 4.90 Å². The summed E-state index contributed by atoms with van der Waals surface area (Å²) in [7, 11) is -3.97. The van der Waals surface area contributed by atoms with Gasteiger partial charge in [-0.1, -0.05) is 46.3 Å². The maximum Gasteiger partial charge on any atom is 0.243 e. The molecule has 1 unspecified atom stereocenters. The highest BCUT2D eigenvalue weighted by molar-refractivity contribution is 9.10. The van der Waals surface area contributed by atoms with Gasteiger partial charge in [-0.25, -0.2) is 17.5 Å². The third kappa shape index (κ3) is 4.69. The molecule has 1 atom stereocenters. The summed E-state index contributed by atoms with van der Waals surface area (Å²) in [5, 5.41) is 0. The van der Waals surface area contributed by atoms with E-state index in [2.05, 4.69) is 25.6 Å². The van der Waals surface area contributed by atoms with Crippen LogP contribution in [0.25, 0.3) is 0 Å². The summed E-state index contributed by atoms with van der Waals surface area (Å²) in [6.45, 7) is 2.80. The Morgan fingerprint density at radius 2 is 1.85 bits per heavy atom. The van der Waals surface area contributed by atoms with Crippen molar-refractivity contribution in [2.24, 2.45) is 0 Å².